The lowest BCUT2D eigenvalue weighted by Crippen LogP contribution is -1.98. The van der Waals surface area contributed by atoms with E-state index in [-0.39, 0.29) is 5.78 Å². The van der Waals surface area contributed by atoms with Crippen LogP contribution in [0.3, 0.4) is 0 Å². The van der Waals surface area contributed by atoms with E-state index in [4.69, 9.17) is 10.5 Å². The summed E-state index contributed by atoms with van der Waals surface area (Å²) in [6.45, 7) is 2.18. The summed E-state index contributed by atoms with van der Waals surface area (Å²) >= 11 is 0. The van der Waals surface area contributed by atoms with E-state index in [9.17, 15) is 4.79 Å². The summed E-state index contributed by atoms with van der Waals surface area (Å²) in [5, 5.41) is 0. The summed E-state index contributed by atoms with van der Waals surface area (Å²) in [6.07, 6.45) is 0.848. The van der Waals surface area contributed by atoms with E-state index < -0.39 is 0 Å². The van der Waals surface area contributed by atoms with Crippen LogP contribution in [0.15, 0.2) is 12.1 Å². The molecule has 0 radical (unpaired) electrons. The molecular formula is C10H11NO2. The number of ketones is 1. The first-order valence-corrected chi connectivity index (χ1v) is 4.24. The molecule has 1 heterocycles. The van der Waals surface area contributed by atoms with Crippen molar-refractivity contribution in [1.29, 1.82) is 0 Å². The molecule has 0 spiro atoms. The lowest BCUT2D eigenvalue weighted by molar-refractivity contribution is 0.101. The van der Waals surface area contributed by atoms with Gasteiger partial charge < -0.3 is 10.5 Å². The van der Waals surface area contributed by atoms with Crippen LogP contribution in [0.4, 0.5) is 5.69 Å². The highest BCUT2D eigenvalue weighted by Gasteiger charge is 2.19. The fraction of sp³-hybridized carbons (Fsp3) is 0.300. The lowest BCUT2D eigenvalue weighted by Gasteiger charge is -2.05. The predicted molar refractivity (Wildman–Crippen MR) is 50.1 cm³/mol. The molecule has 0 saturated carbocycles. The topological polar surface area (TPSA) is 52.3 Å². The van der Waals surface area contributed by atoms with Gasteiger partial charge in [0.15, 0.2) is 5.78 Å². The maximum Gasteiger partial charge on any atom is 0.163 e. The number of anilines is 1. The van der Waals surface area contributed by atoms with Crippen molar-refractivity contribution in [2.24, 2.45) is 0 Å². The number of ether oxygens (including phenoxy) is 1. The van der Waals surface area contributed by atoms with Gasteiger partial charge in [-0.15, -0.1) is 0 Å². The minimum Gasteiger partial charge on any atom is -0.492 e. The van der Waals surface area contributed by atoms with Crippen molar-refractivity contribution >= 4 is 11.5 Å². The van der Waals surface area contributed by atoms with Gasteiger partial charge >= 0.3 is 0 Å². The summed E-state index contributed by atoms with van der Waals surface area (Å²) in [4.78, 5) is 11.2. The molecule has 0 fully saturated rings. The molecule has 0 bridgehead atoms. The first-order chi connectivity index (χ1) is 6.18. The smallest absolute Gasteiger partial charge is 0.163 e. The Morgan fingerprint density at radius 2 is 2.31 bits per heavy atom. The van der Waals surface area contributed by atoms with Crippen molar-refractivity contribution in [3.05, 3.63) is 23.3 Å². The average molecular weight is 177 g/mol. The molecule has 3 heteroatoms. The van der Waals surface area contributed by atoms with Crippen molar-refractivity contribution < 1.29 is 9.53 Å². The van der Waals surface area contributed by atoms with Crippen LogP contribution in [-0.4, -0.2) is 12.4 Å². The number of fused-ring (bicyclic) bond motifs is 1. The monoisotopic (exact) mass is 177 g/mol. The highest BCUT2D eigenvalue weighted by molar-refractivity contribution is 5.98. The number of hydrogen-bond donors (Lipinski definition) is 1. The maximum atomic E-state index is 11.2. The molecule has 1 aromatic rings. The van der Waals surface area contributed by atoms with Crippen molar-refractivity contribution in [1.82, 2.24) is 0 Å². The van der Waals surface area contributed by atoms with Gasteiger partial charge in [-0.3, -0.25) is 4.79 Å². The SMILES string of the molecule is CC(=O)c1cc(N)cc2c1OCC2. The Hall–Kier alpha value is -1.51. The van der Waals surface area contributed by atoms with Gasteiger partial charge in [0.2, 0.25) is 0 Å². The Kier molecular flexibility index (Phi) is 1.72. The van der Waals surface area contributed by atoms with Gasteiger partial charge in [-0.05, 0) is 19.1 Å². The third-order valence-electron chi connectivity index (χ3n) is 2.19. The van der Waals surface area contributed by atoms with E-state index >= 15 is 0 Å². The molecular weight excluding hydrogens is 166 g/mol. The molecule has 1 aliphatic rings. The zero-order valence-corrected chi connectivity index (χ0v) is 7.46. The van der Waals surface area contributed by atoms with Gasteiger partial charge in [-0.1, -0.05) is 0 Å². The molecule has 2 N–H and O–H groups in total. The van der Waals surface area contributed by atoms with Crippen LogP contribution in [0.25, 0.3) is 0 Å². The predicted octanol–water partition coefficient (Wildman–Crippen LogP) is 1.41. The fourth-order valence-electron chi connectivity index (χ4n) is 1.59. The molecule has 0 unspecified atom stereocenters. The highest BCUT2D eigenvalue weighted by atomic mass is 16.5. The first kappa shape index (κ1) is 8.10. The van der Waals surface area contributed by atoms with Crippen molar-refractivity contribution in [2.45, 2.75) is 13.3 Å². The van der Waals surface area contributed by atoms with Gasteiger partial charge in [-0.25, -0.2) is 0 Å². The number of carbonyl (C=O) groups excluding carboxylic acids is 1. The third kappa shape index (κ3) is 1.26. The Morgan fingerprint density at radius 3 is 3.00 bits per heavy atom. The van der Waals surface area contributed by atoms with E-state index in [2.05, 4.69) is 0 Å². The van der Waals surface area contributed by atoms with Gasteiger partial charge in [-0.2, -0.15) is 0 Å². The Bertz CT molecular complexity index is 371. The third-order valence-corrected chi connectivity index (χ3v) is 2.19. The Balaban J connectivity index is 2.62. The summed E-state index contributed by atoms with van der Waals surface area (Å²) in [5.41, 5.74) is 7.95. The first-order valence-electron chi connectivity index (χ1n) is 4.24. The van der Waals surface area contributed by atoms with Crippen molar-refractivity contribution in [3.8, 4) is 5.75 Å². The summed E-state index contributed by atoms with van der Waals surface area (Å²) in [7, 11) is 0. The minimum absolute atomic E-state index is 0.00505. The average Bonchev–Trinajstić information content (AvgIpc) is 2.49. The van der Waals surface area contributed by atoms with Crippen LogP contribution < -0.4 is 10.5 Å². The van der Waals surface area contributed by atoms with Gasteiger partial charge in [0.1, 0.15) is 5.75 Å². The molecule has 2 rings (SSSR count). The quantitative estimate of drug-likeness (QED) is 0.521. The minimum atomic E-state index is 0.00505. The number of rotatable bonds is 1. The Morgan fingerprint density at radius 1 is 1.54 bits per heavy atom. The second-order valence-electron chi connectivity index (χ2n) is 3.21. The largest absolute Gasteiger partial charge is 0.492 e. The fourth-order valence-corrected chi connectivity index (χ4v) is 1.59. The molecule has 3 nitrogen and oxygen atoms in total. The number of nitrogen functional groups attached to an aromatic ring is 1. The normalized spacial score (nSPS) is 13.6. The molecule has 0 aromatic heterocycles. The van der Waals surface area contributed by atoms with Crippen LogP contribution in [0.1, 0.15) is 22.8 Å². The van der Waals surface area contributed by atoms with E-state index in [0.29, 0.717) is 17.9 Å². The van der Waals surface area contributed by atoms with Gasteiger partial charge in [0, 0.05) is 17.7 Å². The second-order valence-corrected chi connectivity index (χ2v) is 3.21. The zero-order valence-electron chi connectivity index (χ0n) is 7.46. The summed E-state index contributed by atoms with van der Waals surface area (Å²) in [6, 6.07) is 3.54. The van der Waals surface area contributed by atoms with E-state index in [0.717, 1.165) is 17.7 Å². The number of carbonyl (C=O) groups is 1. The zero-order chi connectivity index (χ0) is 9.42. The number of Topliss-reactive ketones (excluding diaryl/α,β-unsaturated/α-hetero) is 1. The lowest BCUT2D eigenvalue weighted by atomic mass is 10.0. The Labute approximate surface area is 76.5 Å². The molecule has 0 atom stereocenters. The van der Waals surface area contributed by atoms with E-state index in [1.165, 1.54) is 6.92 Å². The van der Waals surface area contributed by atoms with Crippen molar-refractivity contribution in [3.63, 3.8) is 0 Å². The molecule has 0 aliphatic carbocycles. The molecule has 13 heavy (non-hydrogen) atoms. The van der Waals surface area contributed by atoms with Crippen LogP contribution >= 0.6 is 0 Å². The number of nitrogens with two attached hydrogens (primary N) is 1. The van der Waals surface area contributed by atoms with Crippen LogP contribution in [-0.2, 0) is 6.42 Å². The summed E-state index contributed by atoms with van der Waals surface area (Å²) < 4.78 is 5.37. The van der Waals surface area contributed by atoms with Gasteiger partial charge in [0.05, 0.1) is 12.2 Å². The molecule has 1 aliphatic heterocycles. The molecule has 1 aromatic carbocycles. The molecule has 0 amide bonds. The van der Waals surface area contributed by atoms with Crippen LogP contribution in [0.5, 0.6) is 5.75 Å². The van der Waals surface area contributed by atoms with E-state index in [1.54, 1.807) is 6.07 Å². The van der Waals surface area contributed by atoms with Crippen LogP contribution in [0.2, 0.25) is 0 Å². The maximum absolute atomic E-state index is 11.2. The molecule has 0 saturated heterocycles. The summed E-state index contributed by atoms with van der Waals surface area (Å²) in [5.74, 6) is 0.729. The van der Waals surface area contributed by atoms with Crippen LogP contribution in [0, 0.1) is 0 Å². The number of hydrogen-bond acceptors (Lipinski definition) is 3. The highest BCUT2D eigenvalue weighted by Crippen LogP contribution is 2.32. The standard InChI is InChI=1S/C10H11NO2/c1-6(12)9-5-8(11)4-7-2-3-13-10(7)9/h4-5H,2-3,11H2,1H3. The number of benzene rings is 1. The van der Waals surface area contributed by atoms with Gasteiger partial charge in [0.25, 0.3) is 0 Å². The van der Waals surface area contributed by atoms with Crippen molar-refractivity contribution in [2.75, 3.05) is 12.3 Å². The second kappa shape index (κ2) is 2.76. The van der Waals surface area contributed by atoms with E-state index in [1.807, 2.05) is 6.07 Å². The molecule has 68 valence electrons.